The highest BCUT2D eigenvalue weighted by atomic mass is 32.1. The van der Waals surface area contributed by atoms with Crippen LogP contribution in [0.15, 0.2) is 78.2 Å². The number of quaternary nitrogens is 1. The van der Waals surface area contributed by atoms with Crippen molar-refractivity contribution in [2.45, 2.75) is 25.0 Å². The Labute approximate surface area is 198 Å². The third-order valence-corrected chi connectivity index (χ3v) is 7.95. The number of fused-ring (bicyclic) bond motifs is 3. The molecule has 5 nitrogen and oxygen atoms in total. The molecule has 0 spiro atoms. The molecule has 0 unspecified atom stereocenters. The zero-order chi connectivity index (χ0) is 22.7. The number of piperidine rings is 3. The highest BCUT2D eigenvalue weighted by molar-refractivity contribution is 7.12. The molecule has 6 heteroatoms. The second-order valence-corrected chi connectivity index (χ2v) is 10.1. The molecule has 6 rings (SSSR count). The summed E-state index contributed by atoms with van der Waals surface area (Å²) < 4.78 is 6.92. The van der Waals surface area contributed by atoms with Gasteiger partial charge in [-0.15, -0.1) is 11.3 Å². The van der Waals surface area contributed by atoms with Gasteiger partial charge >= 0.3 is 5.97 Å². The average Bonchev–Trinajstić information content (AvgIpc) is 3.40. The SMILES string of the molecule is O=C(C[N+]12CCC(CC1)[C@@H](OC(=O)[C@H](Nc1ccccc1)c1ccccc1)C2)c1cccs1. The zero-order valence-electron chi connectivity index (χ0n) is 18.6. The predicted molar refractivity (Wildman–Crippen MR) is 130 cm³/mol. The fourth-order valence-corrected chi connectivity index (χ4v) is 5.90. The van der Waals surface area contributed by atoms with Crippen molar-refractivity contribution in [2.75, 3.05) is 31.5 Å². The lowest BCUT2D eigenvalue weighted by atomic mass is 9.83. The van der Waals surface area contributed by atoms with E-state index in [1.165, 1.54) is 11.3 Å². The molecule has 2 atom stereocenters. The second kappa shape index (κ2) is 9.49. The van der Waals surface area contributed by atoms with Crippen LogP contribution in [0.25, 0.3) is 0 Å². The monoisotopic (exact) mass is 461 g/mol. The number of rotatable bonds is 8. The highest BCUT2D eigenvalue weighted by Crippen LogP contribution is 2.37. The normalized spacial score (nSPS) is 24.7. The van der Waals surface area contributed by atoms with Crippen molar-refractivity contribution in [1.29, 1.82) is 0 Å². The molecule has 0 aliphatic carbocycles. The molecule has 4 heterocycles. The number of benzene rings is 2. The van der Waals surface area contributed by atoms with Crippen LogP contribution in [0.4, 0.5) is 5.69 Å². The largest absolute Gasteiger partial charge is 0.454 e. The third kappa shape index (κ3) is 4.87. The highest BCUT2D eigenvalue weighted by Gasteiger charge is 2.49. The van der Waals surface area contributed by atoms with Gasteiger partial charge in [0.2, 0.25) is 5.78 Å². The quantitative estimate of drug-likeness (QED) is 0.293. The lowest BCUT2D eigenvalue weighted by molar-refractivity contribution is -0.938. The van der Waals surface area contributed by atoms with E-state index in [-0.39, 0.29) is 17.9 Å². The van der Waals surface area contributed by atoms with E-state index >= 15 is 0 Å². The van der Waals surface area contributed by atoms with E-state index in [1.807, 2.05) is 78.2 Å². The van der Waals surface area contributed by atoms with Gasteiger partial charge in [-0.1, -0.05) is 54.6 Å². The molecule has 0 amide bonds. The number of ketones is 1. The van der Waals surface area contributed by atoms with E-state index in [9.17, 15) is 9.59 Å². The summed E-state index contributed by atoms with van der Waals surface area (Å²) >= 11 is 1.50. The number of nitrogens with zero attached hydrogens (tertiary/aromatic N) is 1. The summed E-state index contributed by atoms with van der Waals surface area (Å²) in [7, 11) is 0. The minimum atomic E-state index is -0.578. The number of ether oxygens (including phenoxy) is 1. The van der Waals surface area contributed by atoms with Crippen LogP contribution in [0, 0.1) is 5.92 Å². The molecule has 3 fully saturated rings. The molecular formula is C27H29N2O3S+. The standard InChI is InChI=1S/C27H29N2O3S/c30-23(25-12-7-17-33-25)18-29-15-13-20(14-16-29)24(19-29)32-27(31)26(21-8-3-1-4-9-21)28-22-10-5-2-6-11-22/h1-12,17,20,24,26,28H,13-16,18-19H2/q+1/t20?,24-,26+,29?/m0/s1. The van der Waals surface area contributed by atoms with Crippen LogP contribution >= 0.6 is 11.3 Å². The van der Waals surface area contributed by atoms with Gasteiger partial charge in [0.05, 0.1) is 18.0 Å². The van der Waals surface area contributed by atoms with E-state index in [4.69, 9.17) is 4.74 Å². The zero-order valence-corrected chi connectivity index (χ0v) is 19.4. The van der Waals surface area contributed by atoms with Gasteiger partial charge in [0.15, 0.2) is 12.1 Å². The Kier molecular flexibility index (Phi) is 6.29. The number of para-hydroxylation sites is 1. The first kappa shape index (κ1) is 21.9. The van der Waals surface area contributed by atoms with Crippen molar-refractivity contribution in [3.05, 3.63) is 88.6 Å². The first-order valence-corrected chi connectivity index (χ1v) is 12.5. The molecular weight excluding hydrogens is 432 g/mol. The van der Waals surface area contributed by atoms with Crippen LogP contribution in [0.5, 0.6) is 0 Å². The Balaban J connectivity index is 1.31. The van der Waals surface area contributed by atoms with Crippen molar-refractivity contribution < 1.29 is 18.8 Å². The minimum Gasteiger partial charge on any atom is -0.454 e. The van der Waals surface area contributed by atoms with Gasteiger partial charge < -0.3 is 14.5 Å². The van der Waals surface area contributed by atoms with Crippen LogP contribution < -0.4 is 5.32 Å². The van der Waals surface area contributed by atoms with E-state index in [0.29, 0.717) is 12.5 Å². The van der Waals surface area contributed by atoms with Gasteiger partial charge in [-0.3, -0.25) is 4.79 Å². The molecule has 3 aromatic rings. The summed E-state index contributed by atoms with van der Waals surface area (Å²) in [4.78, 5) is 27.1. The molecule has 0 radical (unpaired) electrons. The Bertz CT molecular complexity index is 1080. The summed E-state index contributed by atoms with van der Waals surface area (Å²) in [6.45, 7) is 3.19. The molecule has 170 valence electrons. The minimum absolute atomic E-state index is 0.153. The number of Topliss-reactive ketones (excluding diaryl/α,β-unsaturated/α-hetero) is 1. The molecule has 3 aliphatic rings. The van der Waals surface area contributed by atoms with Gasteiger partial charge in [-0.25, -0.2) is 4.79 Å². The number of carbonyl (C=O) groups is 2. The van der Waals surface area contributed by atoms with E-state index < -0.39 is 6.04 Å². The molecule has 33 heavy (non-hydrogen) atoms. The van der Waals surface area contributed by atoms with Crippen LogP contribution in [-0.4, -0.2) is 48.5 Å². The smallest absolute Gasteiger partial charge is 0.333 e. The number of anilines is 1. The number of thiophene rings is 1. The lowest BCUT2D eigenvalue weighted by Gasteiger charge is -2.51. The van der Waals surface area contributed by atoms with Gasteiger partial charge in [0.25, 0.3) is 0 Å². The fraction of sp³-hybridized carbons (Fsp3) is 0.333. The van der Waals surface area contributed by atoms with Gasteiger partial charge in [0.1, 0.15) is 13.1 Å². The van der Waals surface area contributed by atoms with Crippen LogP contribution in [-0.2, 0) is 9.53 Å². The summed E-state index contributed by atoms with van der Waals surface area (Å²) in [6, 6.07) is 22.7. The number of hydrogen-bond donors (Lipinski definition) is 1. The molecule has 1 aromatic heterocycles. The third-order valence-electron chi connectivity index (χ3n) is 7.04. The maximum Gasteiger partial charge on any atom is 0.333 e. The Morgan fingerprint density at radius 3 is 2.33 bits per heavy atom. The topological polar surface area (TPSA) is 55.4 Å². The molecule has 2 bridgehead atoms. The maximum absolute atomic E-state index is 13.4. The van der Waals surface area contributed by atoms with Crippen LogP contribution in [0.3, 0.4) is 0 Å². The van der Waals surface area contributed by atoms with Gasteiger partial charge in [-0.05, 0) is 29.1 Å². The first-order chi connectivity index (χ1) is 16.1. The average molecular weight is 462 g/mol. The van der Waals surface area contributed by atoms with E-state index in [1.54, 1.807) is 0 Å². The summed E-state index contributed by atoms with van der Waals surface area (Å²) in [5, 5.41) is 5.30. The fourth-order valence-electron chi connectivity index (χ4n) is 5.24. The Hall–Kier alpha value is -2.96. The van der Waals surface area contributed by atoms with Gasteiger partial charge in [-0.2, -0.15) is 0 Å². The summed E-state index contributed by atoms with van der Waals surface area (Å²) in [5.41, 5.74) is 1.76. The molecule has 0 saturated carbocycles. The summed E-state index contributed by atoms with van der Waals surface area (Å²) in [6.07, 6.45) is 1.84. The van der Waals surface area contributed by atoms with Crippen molar-refractivity contribution in [3.63, 3.8) is 0 Å². The predicted octanol–water partition coefficient (Wildman–Crippen LogP) is 4.94. The van der Waals surface area contributed by atoms with Crippen molar-refractivity contribution in [3.8, 4) is 0 Å². The van der Waals surface area contributed by atoms with Crippen molar-refractivity contribution >= 4 is 28.8 Å². The summed E-state index contributed by atoms with van der Waals surface area (Å²) in [5.74, 6) is 0.314. The van der Waals surface area contributed by atoms with Gasteiger partial charge in [0, 0.05) is 24.4 Å². The number of hydrogen-bond acceptors (Lipinski definition) is 5. The van der Waals surface area contributed by atoms with E-state index in [0.717, 1.165) is 53.1 Å². The Morgan fingerprint density at radius 1 is 0.970 bits per heavy atom. The van der Waals surface area contributed by atoms with Crippen molar-refractivity contribution in [2.24, 2.45) is 5.92 Å². The van der Waals surface area contributed by atoms with Crippen molar-refractivity contribution in [1.82, 2.24) is 0 Å². The molecule has 2 aromatic carbocycles. The number of nitrogens with one attached hydrogen (secondary N) is 1. The number of esters is 1. The molecule has 3 saturated heterocycles. The Morgan fingerprint density at radius 2 is 1.67 bits per heavy atom. The molecule has 1 N–H and O–H groups in total. The second-order valence-electron chi connectivity index (χ2n) is 9.20. The lowest BCUT2D eigenvalue weighted by Crippen LogP contribution is -2.65. The molecule has 3 aliphatic heterocycles. The maximum atomic E-state index is 13.4. The van der Waals surface area contributed by atoms with Crippen LogP contribution in [0.2, 0.25) is 0 Å². The van der Waals surface area contributed by atoms with Crippen LogP contribution in [0.1, 0.15) is 34.1 Å². The number of carbonyl (C=O) groups excluding carboxylic acids is 2. The first-order valence-electron chi connectivity index (χ1n) is 11.6. The van der Waals surface area contributed by atoms with E-state index in [2.05, 4.69) is 5.32 Å².